The number of aromatic nitrogens is 5. The number of rotatable bonds is 4. The fourth-order valence-corrected chi connectivity index (χ4v) is 3.44. The van der Waals surface area contributed by atoms with Gasteiger partial charge in [-0.15, -0.1) is 21.5 Å². The van der Waals surface area contributed by atoms with Crippen molar-refractivity contribution in [3.63, 3.8) is 0 Å². The van der Waals surface area contributed by atoms with Gasteiger partial charge in [-0.1, -0.05) is 18.7 Å². The lowest BCUT2D eigenvalue weighted by Crippen LogP contribution is -2.12. The van der Waals surface area contributed by atoms with E-state index in [9.17, 15) is 4.79 Å². The Balaban J connectivity index is 1.82. The summed E-state index contributed by atoms with van der Waals surface area (Å²) in [7, 11) is 1.95. The first kappa shape index (κ1) is 13.3. The fraction of sp³-hybridized carbons (Fsp3) is 0.333. The quantitative estimate of drug-likeness (QED) is 0.687. The van der Waals surface area contributed by atoms with Crippen LogP contribution in [-0.4, -0.2) is 24.1 Å². The molecule has 0 amide bonds. The van der Waals surface area contributed by atoms with E-state index in [1.165, 1.54) is 23.1 Å². The van der Waals surface area contributed by atoms with E-state index in [0.717, 1.165) is 28.1 Å². The summed E-state index contributed by atoms with van der Waals surface area (Å²) in [5.74, 6) is 1.56. The highest BCUT2D eigenvalue weighted by atomic mass is 32.2. The summed E-state index contributed by atoms with van der Waals surface area (Å²) < 4.78 is 3.53. The maximum atomic E-state index is 11.9. The van der Waals surface area contributed by atoms with Gasteiger partial charge in [-0.3, -0.25) is 9.20 Å². The van der Waals surface area contributed by atoms with Crippen LogP contribution in [-0.2, 0) is 19.2 Å². The van der Waals surface area contributed by atoms with Crippen LogP contribution in [0.25, 0.3) is 4.96 Å². The summed E-state index contributed by atoms with van der Waals surface area (Å²) in [4.78, 5) is 17.1. The highest BCUT2D eigenvalue weighted by Gasteiger charge is 2.09. The summed E-state index contributed by atoms with van der Waals surface area (Å²) >= 11 is 3.00. The molecule has 0 aliphatic carbocycles. The van der Waals surface area contributed by atoms with Crippen molar-refractivity contribution in [1.29, 1.82) is 0 Å². The predicted molar refractivity (Wildman–Crippen MR) is 79.3 cm³/mol. The maximum Gasteiger partial charge on any atom is 0.258 e. The van der Waals surface area contributed by atoms with Crippen LogP contribution in [0.15, 0.2) is 27.6 Å². The molecular weight excluding hydrogens is 294 g/mol. The first-order valence-corrected chi connectivity index (χ1v) is 8.02. The average Bonchev–Trinajstić information content (AvgIpc) is 3.03. The zero-order chi connectivity index (χ0) is 14.1. The van der Waals surface area contributed by atoms with E-state index in [1.807, 2.05) is 23.9 Å². The van der Waals surface area contributed by atoms with Crippen LogP contribution in [0.2, 0.25) is 0 Å². The Labute approximate surface area is 123 Å². The zero-order valence-corrected chi connectivity index (χ0v) is 12.7. The van der Waals surface area contributed by atoms with E-state index in [2.05, 4.69) is 15.2 Å². The monoisotopic (exact) mass is 307 g/mol. The predicted octanol–water partition coefficient (Wildman–Crippen LogP) is 1.74. The van der Waals surface area contributed by atoms with Crippen molar-refractivity contribution in [2.45, 2.75) is 24.3 Å². The second-order valence-corrected chi connectivity index (χ2v) is 6.06. The Bertz CT molecular complexity index is 804. The van der Waals surface area contributed by atoms with Crippen molar-refractivity contribution in [3.05, 3.63) is 39.5 Å². The standard InChI is InChI=1S/C12H13N5OS2/c1-3-9-14-15-12(16(9)2)20-7-8-6-10(18)17-4-5-19-11(17)13-8/h4-6H,3,7H2,1-2H3. The van der Waals surface area contributed by atoms with E-state index in [4.69, 9.17) is 0 Å². The third-order valence-electron chi connectivity index (χ3n) is 2.95. The molecule has 0 radical (unpaired) electrons. The Morgan fingerprint density at radius 1 is 1.40 bits per heavy atom. The number of hydrogen-bond donors (Lipinski definition) is 0. The first-order valence-electron chi connectivity index (χ1n) is 6.16. The lowest BCUT2D eigenvalue weighted by atomic mass is 10.4. The minimum Gasteiger partial charge on any atom is -0.309 e. The molecule has 8 heteroatoms. The van der Waals surface area contributed by atoms with Crippen LogP contribution >= 0.6 is 23.1 Å². The van der Waals surface area contributed by atoms with Crippen molar-refractivity contribution in [3.8, 4) is 0 Å². The topological polar surface area (TPSA) is 65.1 Å². The number of nitrogens with zero attached hydrogens (tertiary/aromatic N) is 5. The minimum atomic E-state index is -0.0425. The van der Waals surface area contributed by atoms with Gasteiger partial charge in [-0.2, -0.15) is 0 Å². The second-order valence-electron chi connectivity index (χ2n) is 4.24. The third-order valence-corrected chi connectivity index (χ3v) is 4.76. The molecule has 0 spiro atoms. The van der Waals surface area contributed by atoms with Crippen LogP contribution < -0.4 is 5.56 Å². The number of thioether (sulfide) groups is 1. The van der Waals surface area contributed by atoms with Crippen LogP contribution in [0, 0.1) is 0 Å². The van der Waals surface area contributed by atoms with Gasteiger partial charge in [0.25, 0.3) is 5.56 Å². The number of aryl methyl sites for hydroxylation is 1. The highest BCUT2D eigenvalue weighted by Crippen LogP contribution is 2.20. The molecule has 0 unspecified atom stereocenters. The number of hydrogen-bond acceptors (Lipinski definition) is 6. The lowest BCUT2D eigenvalue weighted by molar-refractivity contribution is 0.741. The summed E-state index contributed by atoms with van der Waals surface area (Å²) in [6.45, 7) is 2.05. The number of fused-ring (bicyclic) bond motifs is 1. The molecule has 3 aromatic rings. The minimum absolute atomic E-state index is 0.0425. The zero-order valence-electron chi connectivity index (χ0n) is 11.1. The van der Waals surface area contributed by atoms with Gasteiger partial charge in [0.1, 0.15) is 5.82 Å². The van der Waals surface area contributed by atoms with E-state index in [0.29, 0.717) is 5.75 Å². The van der Waals surface area contributed by atoms with Gasteiger partial charge in [0.05, 0.1) is 5.69 Å². The van der Waals surface area contributed by atoms with Gasteiger partial charge < -0.3 is 4.57 Å². The van der Waals surface area contributed by atoms with E-state index in [1.54, 1.807) is 16.7 Å². The SMILES string of the molecule is CCc1nnc(SCc2cc(=O)n3ccsc3n2)n1C. The molecule has 0 N–H and O–H groups in total. The molecule has 3 rings (SSSR count). The van der Waals surface area contributed by atoms with Crippen LogP contribution in [0.4, 0.5) is 0 Å². The Morgan fingerprint density at radius 3 is 3.00 bits per heavy atom. The molecule has 0 atom stereocenters. The summed E-state index contributed by atoms with van der Waals surface area (Å²) in [5, 5.41) is 11.0. The molecule has 104 valence electrons. The molecule has 3 heterocycles. The van der Waals surface area contributed by atoms with Gasteiger partial charge in [0.2, 0.25) is 0 Å². The van der Waals surface area contributed by atoms with E-state index in [-0.39, 0.29) is 5.56 Å². The van der Waals surface area contributed by atoms with Crippen molar-refractivity contribution in [2.75, 3.05) is 0 Å². The Kier molecular flexibility index (Phi) is 3.58. The second kappa shape index (κ2) is 5.37. The molecule has 0 saturated carbocycles. The molecule has 0 aliphatic rings. The van der Waals surface area contributed by atoms with Crippen molar-refractivity contribution in [1.82, 2.24) is 24.1 Å². The summed E-state index contributed by atoms with van der Waals surface area (Å²) in [5.41, 5.74) is 0.725. The summed E-state index contributed by atoms with van der Waals surface area (Å²) in [6, 6.07) is 1.57. The largest absolute Gasteiger partial charge is 0.309 e. The molecule has 6 nitrogen and oxygen atoms in total. The van der Waals surface area contributed by atoms with Crippen molar-refractivity contribution in [2.24, 2.45) is 7.05 Å². The highest BCUT2D eigenvalue weighted by molar-refractivity contribution is 7.98. The molecule has 3 aromatic heterocycles. The van der Waals surface area contributed by atoms with E-state index < -0.39 is 0 Å². The number of thiazole rings is 1. The van der Waals surface area contributed by atoms with Gasteiger partial charge in [0.15, 0.2) is 10.1 Å². The van der Waals surface area contributed by atoms with Crippen molar-refractivity contribution >= 4 is 28.1 Å². The first-order chi connectivity index (χ1) is 9.69. The van der Waals surface area contributed by atoms with Crippen LogP contribution in [0.3, 0.4) is 0 Å². The van der Waals surface area contributed by atoms with Gasteiger partial charge in [-0.05, 0) is 0 Å². The molecule has 20 heavy (non-hydrogen) atoms. The fourth-order valence-electron chi connectivity index (χ4n) is 1.88. The molecule has 0 aromatic carbocycles. The molecule has 0 saturated heterocycles. The summed E-state index contributed by atoms with van der Waals surface area (Å²) in [6.07, 6.45) is 2.59. The molecule has 0 bridgehead atoms. The Morgan fingerprint density at radius 2 is 2.25 bits per heavy atom. The smallest absolute Gasteiger partial charge is 0.258 e. The molecular formula is C12H13N5OS2. The Hall–Kier alpha value is -1.67. The molecule has 0 aliphatic heterocycles. The average molecular weight is 307 g/mol. The lowest BCUT2D eigenvalue weighted by Gasteiger charge is -2.02. The van der Waals surface area contributed by atoms with Gasteiger partial charge in [-0.25, -0.2) is 4.98 Å². The maximum absolute atomic E-state index is 11.9. The van der Waals surface area contributed by atoms with Gasteiger partial charge >= 0.3 is 0 Å². The van der Waals surface area contributed by atoms with Crippen molar-refractivity contribution < 1.29 is 0 Å². The molecule has 0 fully saturated rings. The van der Waals surface area contributed by atoms with Crippen LogP contribution in [0.5, 0.6) is 0 Å². The normalized spacial score (nSPS) is 11.3. The van der Waals surface area contributed by atoms with Crippen LogP contribution in [0.1, 0.15) is 18.4 Å². The third kappa shape index (κ3) is 2.36. The van der Waals surface area contributed by atoms with E-state index >= 15 is 0 Å². The van der Waals surface area contributed by atoms with Gasteiger partial charge in [0, 0.05) is 36.9 Å².